The quantitative estimate of drug-likeness (QED) is 0.869. The van der Waals surface area contributed by atoms with Gasteiger partial charge in [0.25, 0.3) is 5.91 Å². The number of halogens is 2. The van der Waals surface area contributed by atoms with Gasteiger partial charge in [0.1, 0.15) is 5.75 Å². The highest BCUT2D eigenvalue weighted by molar-refractivity contribution is 6.02. The van der Waals surface area contributed by atoms with Crippen molar-refractivity contribution in [2.45, 2.75) is 6.61 Å². The molecule has 8 heteroatoms. The standard InChI is InChI=1S/C10H8F2N4O2/c11-10(12)18-7-3-1-2-6(4-7)14-9(17)8-5-13-16-15-8/h1-5,10H,(H,14,17)(H,13,15,16). The van der Waals surface area contributed by atoms with Gasteiger partial charge in [0.15, 0.2) is 5.69 Å². The number of hydrogen-bond donors (Lipinski definition) is 2. The molecule has 0 aliphatic heterocycles. The van der Waals surface area contributed by atoms with Gasteiger partial charge in [-0.15, -0.1) is 0 Å². The molecule has 1 aromatic heterocycles. The zero-order chi connectivity index (χ0) is 13.0. The summed E-state index contributed by atoms with van der Waals surface area (Å²) in [6.45, 7) is -2.91. The highest BCUT2D eigenvalue weighted by atomic mass is 19.3. The van der Waals surface area contributed by atoms with Gasteiger partial charge in [-0.25, -0.2) is 0 Å². The van der Waals surface area contributed by atoms with Crippen molar-refractivity contribution in [3.05, 3.63) is 36.2 Å². The summed E-state index contributed by atoms with van der Waals surface area (Å²) in [5.41, 5.74) is 0.413. The number of carbonyl (C=O) groups excluding carboxylic acids is 1. The molecule has 94 valence electrons. The smallest absolute Gasteiger partial charge is 0.387 e. The van der Waals surface area contributed by atoms with Crippen molar-refractivity contribution in [2.24, 2.45) is 0 Å². The number of benzene rings is 1. The molecule has 0 saturated carbocycles. The maximum absolute atomic E-state index is 12.0. The van der Waals surface area contributed by atoms with Crippen LogP contribution in [0.5, 0.6) is 5.75 Å². The van der Waals surface area contributed by atoms with Crippen molar-refractivity contribution in [3.63, 3.8) is 0 Å². The number of carbonyl (C=O) groups is 1. The molecule has 0 spiro atoms. The van der Waals surface area contributed by atoms with Crippen LogP contribution in [0.1, 0.15) is 10.5 Å². The number of anilines is 1. The van der Waals surface area contributed by atoms with Crippen LogP contribution in [0.15, 0.2) is 30.5 Å². The summed E-state index contributed by atoms with van der Waals surface area (Å²) in [7, 11) is 0. The Kier molecular flexibility index (Phi) is 3.46. The molecule has 1 amide bonds. The fraction of sp³-hybridized carbons (Fsp3) is 0.100. The zero-order valence-corrected chi connectivity index (χ0v) is 8.93. The molecule has 0 saturated heterocycles. The van der Waals surface area contributed by atoms with Crippen molar-refractivity contribution in [1.82, 2.24) is 15.4 Å². The SMILES string of the molecule is O=C(Nc1cccc(OC(F)F)c1)c1cn[nH]n1. The van der Waals surface area contributed by atoms with Crippen LogP contribution in [0.2, 0.25) is 0 Å². The Morgan fingerprint density at radius 2 is 2.28 bits per heavy atom. The largest absolute Gasteiger partial charge is 0.435 e. The summed E-state index contributed by atoms with van der Waals surface area (Å²) >= 11 is 0. The summed E-state index contributed by atoms with van der Waals surface area (Å²) in [5, 5.41) is 11.8. The number of nitrogens with zero attached hydrogens (tertiary/aromatic N) is 2. The molecule has 0 aliphatic carbocycles. The van der Waals surface area contributed by atoms with E-state index in [1.54, 1.807) is 0 Å². The van der Waals surface area contributed by atoms with Crippen LogP contribution in [0, 0.1) is 0 Å². The van der Waals surface area contributed by atoms with Gasteiger partial charge in [-0.2, -0.15) is 24.2 Å². The predicted molar refractivity (Wildman–Crippen MR) is 57.4 cm³/mol. The fourth-order valence-electron chi connectivity index (χ4n) is 1.26. The van der Waals surface area contributed by atoms with Gasteiger partial charge in [-0.3, -0.25) is 4.79 Å². The first-order valence-corrected chi connectivity index (χ1v) is 4.87. The molecule has 6 nitrogen and oxygen atoms in total. The molecule has 0 atom stereocenters. The minimum absolute atomic E-state index is 0.0389. The van der Waals surface area contributed by atoms with Gasteiger partial charge in [-0.1, -0.05) is 6.07 Å². The molecule has 2 rings (SSSR count). The van der Waals surface area contributed by atoms with Crippen LogP contribution >= 0.6 is 0 Å². The van der Waals surface area contributed by atoms with E-state index in [9.17, 15) is 13.6 Å². The molecule has 0 aliphatic rings. The van der Waals surface area contributed by atoms with Crippen molar-refractivity contribution in [2.75, 3.05) is 5.32 Å². The van der Waals surface area contributed by atoms with Gasteiger partial charge < -0.3 is 10.1 Å². The lowest BCUT2D eigenvalue weighted by Crippen LogP contribution is -2.12. The number of alkyl halides is 2. The number of H-pyrrole nitrogens is 1. The van der Waals surface area contributed by atoms with Crippen molar-refractivity contribution in [1.29, 1.82) is 0 Å². The van der Waals surface area contributed by atoms with Crippen LogP contribution in [-0.4, -0.2) is 27.9 Å². The number of aromatic amines is 1. The van der Waals surface area contributed by atoms with Crippen LogP contribution in [-0.2, 0) is 0 Å². The Hall–Kier alpha value is -2.51. The fourth-order valence-corrected chi connectivity index (χ4v) is 1.26. The van der Waals surface area contributed by atoms with E-state index in [2.05, 4.69) is 25.5 Å². The summed E-state index contributed by atoms with van der Waals surface area (Å²) in [4.78, 5) is 11.6. The number of nitrogens with one attached hydrogen (secondary N) is 2. The van der Waals surface area contributed by atoms with E-state index in [1.807, 2.05) is 0 Å². The maximum Gasteiger partial charge on any atom is 0.387 e. The van der Waals surface area contributed by atoms with Gasteiger partial charge >= 0.3 is 6.61 Å². The molecule has 2 aromatic rings. The first-order chi connectivity index (χ1) is 8.65. The van der Waals surface area contributed by atoms with Crippen LogP contribution in [0.3, 0.4) is 0 Å². The molecule has 1 heterocycles. The Bertz CT molecular complexity index is 530. The highest BCUT2D eigenvalue weighted by Gasteiger charge is 2.10. The third-order valence-corrected chi connectivity index (χ3v) is 1.96. The molecule has 1 aromatic carbocycles. The summed E-state index contributed by atoms with van der Waals surface area (Å²) < 4.78 is 28.2. The minimum atomic E-state index is -2.91. The number of ether oxygens (including phenoxy) is 1. The monoisotopic (exact) mass is 254 g/mol. The van der Waals surface area contributed by atoms with Gasteiger partial charge in [0.05, 0.1) is 6.20 Å². The lowest BCUT2D eigenvalue weighted by molar-refractivity contribution is -0.0497. The average molecular weight is 254 g/mol. The van der Waals surface area contributed by atoms with E-state index in [4.69, 9.17) is 0 Å². The van der Waals surface area contributed by atoms with Crippen LogP contribution < -0.4 is 10.1 Å². The second-order valence-electron chi connectivity index (χ2n) is 3.22. The van der Waals surface area contributed by atoms with Gasteiger partial charge in [-0.05, 0) is 12.1 Å². The first-order valence-electron chi connectivity index (χ1n) is 4.87. The molecule has 0 bridgehead atoms. The molecular weight excluding hydrogens is 246 g/mol. The first kappa shape index (κ1) is 12.0. The molecule has 0 fully saturated rings. The summed E-state index contributed by atoms with van der Waals surface area (Å²) in [6, 6.07) is 5.66. The number of aromatic nitrogens is 3. The Labute approximate surface area is 100.0 Å². The van der Waals surface area contributed by atoms with Crippen molar-refractivity contribution < 1.29 is 18.3 Å². The van der Waals surface area contributed by atoms with E-state index < -0.39 is 12.5 Å². The topological polar surface area (TPSA) is 79.9 Å². The van der Waals surface area contributed by atoms with Crippen molar-refractivity contribution >= 4 is 11.6 Å². The van der Waals surface area contributed by atoms with E-state index in [1.165, 1.54) is 30.5 Å². The summed E-state index contributed by atoms with van der Waals surface area (Å²) in [5.74, 6) is -0.541. The third kappa shape index (κ3) is 3.00. The molecular formula is C10H8F2N4O2. The molecule has 2 N–H and O–H groups in total. The van der Waals surface area contributed by atoms with Crippen molar-refractivity contribution in [3.8, 4) is 5.75 Å². The average Bonchev–Trinajstić information content (AvgIpc) is 2.81. The predicted octanol–water partition coefficient (Wildman–Crippen LogP) is 1.66. The number of hydrogen-bond acceptors (Lipinski definition) is 4. The van der Waals surface area contributed by atoms with Crippen LogP contribution in [0.25, 0.3) is 0 Å². The van der Waals surface area contributed by atoms with E-state index in [-0.39, 0.29) is 11.4 Å². The molecule has 18 heavy (non-hydrogen) atoms. The second kappa shape index (κ2) is 5.21. The molecule has 0 radical (unpaired) electrons. The minimum Gasteiger partial charge on any atom is -0.435 e. The Morgan fingerprint density at radius 1 is 1.44 bits per heavy atom. The second-order valence-corrected chi connectivity index (χ2v) is 3.22. The Balaban J connectivity index is 2.07. The van der Waals surface area contributed by atoms with E-state index in [0.29, 0.717) is 5.69 Å². The van der Waals surface area contributed by atoms with Gasteiger partial charge in [0.2, 0.25) is 0 Å². The van der Waals surface area contributed by atoms with Gasteiger partial charge in [0, 0.05) is 11.8 Å². The zero-order valence-electron chi connectivity index (χ0n) is 8.93. The van der Waals surface area contributed by atoms with E-state index >= 15 is 0 Å². The maximum atomic E-state index is 12.0. The Morgan fingerprint density at radius 3 is 2.94 bits per heavy atom. The summed E-state index contributed by atoms with van der Waals surface area (Å²) in [6.07, 6.45) is 1.24. The number of rotatable bonds is 4. The molecule has 0 unspecified atom stereocenters. The lowest BCUT2D eigenvalue weighted by Gasteiger charge is -2.07. The third-order valence-electron chi connectivity index (χ3n) is 1.96. The number of amides is 1. The lowest BCUT2D eigenvalue weighted by atomic mass is 10.3. The highest BCUT2D eigenvalue weighted by Crippen LogP contribution is 2.19. The van der Waals surface area contributed by atoms with Crippen LogP contribution in [0.4, 0.5) is 14.5 Å². The van der Waals surface area contributed by atoms with E-state index in [0.717, 1.165) is 0 Å². The normalized spacial score (nSPS) is 10.4.